The van der Waals surface area contributed by atoms with Gasteiger partial charge in [0, 0.05) is 12.2 Å². The smallest absolute Gasteiger partial charge is 0.137 e. The molecule has 0 fully saturated rings. The van der Waals surface area contributed by atoms with E-state index >= 15 is 0 Å². The second-order valence-corrected chi connectivity index (χ2v) is 5.03. The fraction of sp³-hybridized carbons (Fsp3) is 0.250. The molecule has 0 atom stereocenters. The van der Waals surface area contributed by atoms with Crippen molar-refractivity contribution in [3.8, 4) is 5.75 Å². The standard InChI is InChI=1S/C16H18ClNO/c1-11-4-5-13(8-12(11)2)10-18-14-6-7-16(19-3)15(17)9-14/h4-9,18H,10H2,1-3H3. The van der Waals surface area contributed by atoms with Crippen molar-refractivity contribution in [2.24, 2.45) is 0 Å². The average molecular weight is 276 g/mol. The lowest BCUT2D eigenvalue weighted by Gasteiger charge is -2.10. The minimum absolute atomic E-state index is 0.618. The molecule has 100 valence electrons. The summed E-state index contributed by atoms with van der Waals surface area (Å²) < 4.78 is 5.13. The van der Waals surface area contributed by atoms with Gasteiger partial charge in [-0.15, -0.1) is 0 Å². The van der Waals surface area contributed by atoms with Gasteiger partial charge in [-0.2, -0.15) is 0 Å². The Balaban J connectivity index is 2.05. The highest BCUT2D eigenvalue weighted by molar-refractivity contribution is 6.32. The lowest BCUT2D eigenvalue weighted by Crippen LogP contribution is -2.00. The number of nitrogens with one attached hydrogen (secondary N) is 1. The van der Waals surface area contributed by atoms with E-state index in [4.69, 9.17) is 16.3 Å². The van der Waals surface area contributed by atoms with E-state index in [0.29, 0.717) is 10.8 Å². The molecule has 2 aromatic carbocycles. The molecule has 2 rings (SSSR count). The average Bonchev–Trinajstić information content (AvgIpc) is 2.40. The van der Waals surface area contributed by atoms with Crippen LogP contribution in [0.2, 0.25) is 5.02 Å². The van der Waals surface area contributed by atoms with Crippen molar-refractivity contribution in [2.75, 3.05) is 12.4 Å². The molecule has 0 bridgehead atoms. The lowest BCUT2D eigenvalue weighted by molar-refractivity contribution is 0.415. The number of hydrogen-bond acceptors (Lipinski definition) is 2. The second kappa shape index (κ2) is 5.98. The zero-order chi connectivity index (χ0) is 13.8. The van der Waals surface area contributed by atoms with Crippen LogP contribution in [-0.2, 0) is 6.54 Å². The van der Waals surface area contributed by atoms with Crippen LogP contribution < -0.4 is 10.1 Å². The number of benzene rings is 2. The largest absolute Gasteiger partial charge is 0.495 e. The highest BCUT2D eigenvalue weighted by Crippen LogP contribution is 2.27. The van der Waals surface area contributed by atoms with Crippen LogP contribution in [0, 0.1) is 13.8 Å². The van der Waals surface area contributed by atoms with Crippen molar-refractivity contribution in [1.82, 2.24) is 0 Å². The van der Waals surface area contributed by atoms with E-state index in [9.17, 15) is 0 Å². The van der Waals surface area contributed by atoms with Gasteiger partial charge in [-0.05, 0) is 48.7 Å². The van der Waals surface area contributed by atoms with Gasteiger partial charge in [-0.1, -0.05) is 29.8 Å². The molecule has 1 N–H and O–H groups in total. The Morgan fingerprint density at radius 1 is 1.05 bits per heavy atom. The Morgan fingerprint density at radius 2 is 1.84 bits per heavy atom. The first-order valence-electron chi connectivity index (χ1n) is 6.23. The van der Waals surface area contributed by atoms with Crippen molar-refractivity contribution < 1.29 is 4.74 Å². The third-order valence-electron chi connectivity index (χ3n) is 3.22. The molecule has 0 radical (unpaired) electrons. The molecule has 0 aromatic heterocycles. The van der Waals surface area contributed by atoms with Crippen LogP contribution >= 0.6 is 11.6 Å². The highest BCUT2D eigenvalue weighted by Gasteiger charge is 2.02. The Bertz CT molecular complexity index is 581. The first-order chi connectivity index (χ1) is 9.10. The molecule has 0 aliphatic heterocycles. The van der Waals surface area contributed by atoms with Crippen LogP contribution in [0.1, 0.15) is 16.7 Å². The molecule has 2 aromatic rings. The maximum Gasteiger partial charge on any atom is 0.137 e. The third kappa shape index (κ3) is 3.42. The van der Waals surface area contributed by atoms with Crippen molar-refractivity contribution in [2.45, 2.75) is 20.4 Å². The molecule has 0 saturated carbocycles. The number of anilines is 1. The summed E-state index contributed by atoms with van der Waals surface area (Å²) in [7, 11) is 1.61. The van der Waals surface area contributed by atoms with Crippen LogP contribution in [0.5, 0.6) is 5.75 Å². The minimum atomic E-state index is 0.618. The van der Waals surface area contributed by atoms with Gasteiger partial charge >= 0.3 is 0 Å². The van der Waals surface area contributed by atoms with E-state index in [0.717, 1.165) is 12.2 Å². The van der Waals surface area contributed by atoms with Gasteiger partial charge in [0.05, 0.1) is 12.1 Å². The van der Waals surface area contributed by atoms with Gasteiger partial charge in [0.25, 0.3) is 0 Å². The Hall–Kier alpha value is -1.67. The maximum atomic E-state index is 6.09. The van der Waals surface area contributed by atoms with Crippen molar-refractivity contribution in [1.29, 1.82) is 0 Å². The van der Waals surface area contributed by atoms with Crippen molar-refractivity contribution in [3.05, 3.63) is 58.1 Å². The third-order valence-corrected chi connectivity index (χ3v) is 3.52. The SMILES string of the molecule is COc1ccc(NCc2ccc(C)c(C)c2)cc1Cl. The van der Waals surface area contributed by atoms with Crippen LogP contribution in [-0.4, -0.2) is 7.11 Å². The van der Waals surface area contributed by atoms with E-state index in [1.165, 1.54) is 16.7 Å². The molecule has 19 heavy (non-hydrogen) atoms. The van der Waals surface area contributed by atoms with E-state index in [1.807, 2.05) is 18.2 Å². The molecule has 0 unspecified atom stereocenters. The maximum absolute atomic E-state index is 6.09. The van der Waals surface area contributed by atoms with Crippen LogP contribution in [0.15, 0.2) is 36.4 Å². The molecule has 2 nitrogen and oxygen atoms in total. The first kappa shape index (κ1) is 13.8. The van der Waals surface area contributed by atoms with Gasteiger partial charge in [-0.3, -0.25) is 0 Å². The van der Waals surface area contributed by atoms with Gasteiger partial charge in [0.1, 0.15) is 5.75 Å². The number of aryl methyl sites for hydroxylation is 2. The van der Waals surface area contributed by atoms with Gasteiger partial charge in [0.15, 0.2) is 0 Å². The molecule has 0 spiro atoms. The highest BCUT2D eigenvalue weighted by atomic mass is 35.5. The normalized spacial score (nSPS) is 10.3. The van der Waals surface area contributed by atoms with E-state index < -0.39 is 0 Å². The summed E-state index contributed by atoms with van der Waals surface area (Å²) in [6, 6.07) is 12.2. The minimum Gasteiger partial charge on any atom is -0.495 e. The van der Waals surface area contributed by atoms with E-state index in [-0.39, 0.29) is 0 Å². The predicted molar refractivity (Wildman–Crippen MR) is 81.2 cm³/mol. The second-order valence-electron chi connectivity index (χ2n) is 4.62. The topological polar surface area (TPSA) is 21.3 Å². The summed E-state index contributed by atoms with van der Waals surface area (Å²) >= 11 is 6.09. The molecule has 3 heteroatoms. The summed E-state index contributed by atoms with van der Waals surface area (Å²) in [6.07, 6.45) is 0. The van der Waals surface area contributed by atoms with Crippen molar-refractivity contribution >= 4 is 17.3 Å². The number of halogens is 1. The number of methoxy groups -OCH3 is 1. The lowest BCUT2D eigenvalue weighted by atomic mass is 10.1. The summed E-state index contributed by atoms with van der Waals surface area (Å²) in [5, 5.41) is 3.98. The Morgan fingerprint density at radius 3 is 2.47 bits per heavy atom. The fourth-order valence-corrected chi connectivity index (χ4v) is 2.15. The predicted octanol–water partition coefficient (Wildman–Crippen LogP) is 4.58. The molecule has 0 aliphatic carbocycles. The van der Waals surface area contributed by atoms with Crippen LogP contribution in [0.25, 0.3) is 0 Å². The number of hydrogen-bond donors (Lipinski definition) is 1. The van der Waals surface area contributed by atoms with Crippen molar-refractivity contribution in [3.63, 3.8) is 0 Å². The summed E-state index contributed by atoms with van der Waals surface area (Å²) in [5.41, 5.74) is 4.88. The van der Waals surface area contributed by atoms with Gasteiger partial charge < -0.3 is 10.1 Å². The molecule has 0 amide bonds. The van der Waals surface area contributed by atoms with E-state index in [1.54, 1.807) is 7.11 Å². The summed E-state index contributed by atoms with van der Waals surface area (Å²) in [6.45, 7) is 5.03. The summed E-state index contributed by atoms with van der Waals surface area (Å²) in [5.74, 6) is 0.693. The summed E-state index contributed by atoms with van der Waals surface area (Å²) in [4.78, 5) is 0. The Kier molecular flexibility index (Phi) is 4.33. The number of ether oxygens (including phenoxy) is 1. The van der Waals surface area contributed by atoms with E-state index in [2.05, 4.69) is 37.4 Å². The van der Waals surface area contributed by atoms with Gasteiger partial charge in [-0.25, -0.2) is 0 Å². The quantitative estimate of drug-likeness (QED) is 0.882. The monoisotopic (exact) mass is 275 g/mol. The van der Waals surface area contributed by atoms with Gasteiger partial charge in [0.2, 0.25) is 0 Å². The zero-order valence-corrected chi connectivity index (χ0v) is 12.2. The van der Waals surface area contributed by atoms with Crippen LogP contribution in [0.4, 0.5) is 5.69 Å². The molecule has 0 heterocycles. The fourth-order valence-electron chi connectivity index (χ4n) is 1.89. The molecular weight excluding hydrogens is 258 g/mol. The molecular formula is C16H18ClNO. The molecule has 0 saturated heterocycles. The number of rotatable bonds is 4. The zero-order valence-electron chi connectivity index (χ0n) is 11.5. The van der Waals surface area contributed by atoms with Crippen LogP contribution in [0.3, 0.4) is 0 Å². The molecule has 0 aliphatic rings. The Labute approximate surface area is 119 Å². The first-order valence-corrected chi connectivity index (χ1v) is 6.61.